The van der Waals surface area contributed by atoms with E-state index < -0.39 is 0 Å². The number of aromatic nitrogens is 1. The molecule has 0 saturated carbocycles. The van der Waals surface area contributed by atoms with Gasteiger partial charge in [0.1, 0.15) is 6.23 Å². The monoisotopic (exact) mass is 282 g/mol. The first-order valence-electron chi connectivity index (χ1n) is 7.69. The third kappa shape index (κ3) is 1.74. The minimum absolute atomic E-state index is 0.106. The normalized spacial score (nSPS) is 32.1. The lowest BCUT2D eigenvalue weighted by molar-refractivity contribution is -0.144. The van der Waals surface area contributed by atoms with E-state index in [4.69, 9.17) is 4.74 Å². The fourth-order valence-corrected chi connectivity index (χ4v) is 4.13. The number of rotatable bonds is 1. The highest BCUT2D eigenvalue weighted by molar-refractivity contribution is 5.88. The van der Waals surface area contributed by atoms with Gasteiger partial charge in [-0.25, -0.2) is 0 Å². The summed E-state index contributed by atoms with van der Waals surface area (Å²) in [6, 6.07) is 7.05. The molecule has 2 heterocycles. The summed E-state index contributed by atoms with van der Waals surface area (Å²) in [6.07, 6.45) is 3.49. The van der Waals surface area contributed by atoms with Crippen molar-refractivity contribution < 1.29 is 4.74 Å². The van der Waals surface area contributed by atoms with E-state index in [0.717, 1.165) is 12.0 Å². The zero-order chi connectivity index (χ0) is 14.7. The van der Waals surface area contributed by atoms with Gasteiger partial charge in [-0.05, 0) is 44.5 Å². The minimum Gasteiger partial charge on any atom is -0.361 e. The van der Waals surface area contributed by atoms with Gasteiger partial charge in [0.25, 0.3) is 0 Å². The van der Waals surface area contributed by atoms with Crippen molar-refractivity contribution in [2.24, 2.45) is 0 Å². The Bertz CT molecular complexity index is 717. The molecule has 4 rings (SSSR count). The van der Waals surface area contributed by atoms with Crippen molar-refractivity contribution in [2.75, 3.05) is 7.05 Å². The molecule has 1 saturated heterocycles. The van der Waals surface area contributed by atoms with Gasteiger partial charge in [0.15, 0.2) is 0 Å². The van der Waals surface area contributed by atoms with Crippen LogP contribution >= 0.6 is 0 Å². The van der Waals surface area contributed by atoms with Gasteiger partial charge in [-0.2, -0.15) is 0 Å². The second kappa shape index (κ2) is 4.46. The van der Waals surface area contributed by atoms with E-state index in [1.165, 1.54) is 22.0 Å². The maximum Gasteiger partial charge on any atom is 0.108 e. The fraction of sp³-hybridized carbons (Fsp3) is 0.444. The van der Waals surface area contributed by atoms with Gasteiger partial charge in [0.2, 0.25) is 0 Å². The number of aromatic amines is 1. The van der Waals surface area contributed by atoms with E-state index in [1.54, 1.807) is 0 Å². The van der Waals surface area contributed by atoms with Crippen LogP contribution in [0, 0.1) is 0 Å². The van der Waals surface area contributed by atoms with Crippen LogP contribution in [0.3, 0.4) is 0 Å². The summed E-state index contributed by atoms with van der Waals surface area (Å²) in [7, 11) is 2.18. The molecule has 1 aromatic carbocycles. The molecule has 2 aromatic rings. The zero-order valence-electron chi connectivity index (χ0n) is 12.9. The van der Waals surface area contributed by atoms with Crippen molar-refractivity contribution in [3.05, 3.63) is 47.7 Å². The molecule has 0 bridgehead atoms. The molecule has 0 spiro atoms. The molecule has 1 aliphatic carbocycles. The Kier molecular flexibility index (Phi) is 2.78. The first kappa shape index (κ1) is 13.1. The first-order valence-corrected chi connectivity index (χ1v) is 7.69. The molecule has 0 amide bonds. The first-order chi connectivity index (χ1) is 10.1. The number of H-pyrrole nitrogens is 1. The highest BCUT2D eigenvalue weighted by atomic mass is 16.5. The summed E-state index contributed by atoms with van der Waals surface area (Å²) in [5.41, 5.74) is 5.21. The third-order valence-corrected chi connectivity index (χ3v) is 5.27. The molecule has 21 heavy (non-hydrogen) atoms. The minimum atomic E-state index is 0.106. The molecule has 3 heteroatoms. The molecule has 110 valence electrons. The van der Waals surface area contributed by atoms with Crippen LogP contribution in [0.25, 0.3) is 10.9 Å². The fourth-order valence-electron chi connectivity index (χ4n) is 4.13. The standard InChI is InChI=1S/C18H22N2O/c1-10(2)18-17-13-6-5-7-14-16(13)12(9-19-14)8-15(17)20(4)11(3)21-18/h5-7,9,11,15,17-19H,1,8H2,2-4H3/t11-,15-,17?,18+/m1/s1. The maximum atomic E-state index is 6.27. The van der Waals surface area contributed by atoms with Crippen molar-refractivity contribution in [2.45, 2.75) is 44.6 Å². The van der Waals surface area contributed by atoms with Crippen LogP contribution in [0.2, 0.25) is 0 Å². The Balaban J connectivity index is 1.93. The third-order valence-electron chi connectivity index (χ3n) is 5.27. The Morgan fingerprint density at radius 2 is 2.24 bits per heavy atom. The predicted molar refractivity (Wildman–Crippen MR) is 85.4 cm³/mol. The predicted octanol–water partition coefficient (Wildman–Crippen LogP) is 3.43. The summed E-state index contributed by atoms with van der Waals surface area (Å²) in [5.74, 6) is 0.371. The van der Waals surface area contributed by atoms with Gasteiger partial charge >= 0.3 is 0 Å². The van der Waals surface area contributed by atoms with Gasteiger partial charge in [0.05, 0.1) is 6.10 Å². The number of hydrogen-bond donors (Lipinski definition) is 1. The second-order valence-electron chi connectivity index (χ2n) is 6.55. The molecule has 1 N–H and O–H groups in total. The molecule has 3 nitrogen and oxygen atoms in total. The lowest BCUT2D eigenvalue weighted by Gasteiger charge is -2.49. The van der Waals surface area contributed by atoms with Gasteiger partial charge in [-0.1, -0.05) is 24.3 Å². The van der Waals surface area contributed by atoms with Crippen molar-refractivity contribution in [3.63, 3.8) is 0 Å². The summed E-state index contributed by atoms with van der Waals surface area (Å²) < 4.78 is 6.27. The molecule has 0 radical (unpaired) electrons. The van der Waals surface area contributed by atoms with Crippen LogP contribution in [0.4, 0.5) is 0 Å². The van der Waals surface area contributed by atoms with E-state index in [9.17, 15) is 0 Å². The molecule has 4 atom stereocenters. The van der Waals surface area contributed by atoms with Crippen molar-refractivity contribution in [1.29, 1.82) is 0 Å². The quantitative estimate of drug-likeness (QED) is 0.812. The number of nitrogens with zero attached hydrogens (tertiary/aromatic N) is 1. The van der Waals surface area contributed by atoms with Crippen LogP contribution in [-0.2, 0) is 11.2 Å². The largest absolute Gasteiger partial charge is 0.361 e. The Labute approximate surface area is 125 Å². The Morgan fingerprint density at radius 3 is 3.00 bits per heavy atom. The van der Waals surface area contributed by atoms with Gasteiger partial charge in [-0.3, -0.25) is 4.90 Å². The number of likely N-dealkylation sites (N-methyl/N-ethyl adjacent to an activating group) is 1. The summed E-state index contributed by atoms with van der Waals surface area (Å²) in [6.45, 7) is 8.41. The number of fused-ring (bicyclic) bond motifs is 2. The van der Waals surface area contributed by atoms with Gasteiger partial charge < -0.3 is 9.72 Å². The highest BCUT2D eigenvalue weighted by Crippen LogP contribution is 2.45. The lowest BCUT2D eigenvalue weighted by atomic mass is 9.74. The number of hydrogen-bond acceptors (Lipinski definition) is 2. The van der Waals surface area contributed by atoms with Crippen LogP contribution < -0.4 is 0 Å². The molecular formula is C18H22N2O. The number of ether oxygens (including phenoxy) is 1. The molecule has 1 unspecified atom stereocenters. The maximum absolute atomic E-state index is 6.27. The van der Waals surface area contributed by atoms with E-state index in [-0.39, 0.29) is 12.3 Å². The van der Waals surface area contributed by atoms with E-state index in [2.05, 4.69) is 61.8 Å². The Morgan fingerprint density at radius 1 is 1.43 bits per heavy atom. The topological polar surface area (TPSA) is 28.3 Å². The van der Waals surface area contributed by atoms with Crippen LogP contribution in [0.5, 0.6) is 0 Å². The molecular weight excluding hydrogens is 260 g/mol. The van der Waals surface area contributed by atoms with Crippen molar-refractivity contribution in [3.8, 4) is 0 Å². The van der Waals surface area contributed by atoms with Crippen LogP contribution in [-0.4, -0.2) is 35.3 Å². The SMILES string of the molecule is C=C(C)[C@@H]1O[C@H](C)N(C)[C@@H]2Cc3c[nH]c4cccc(c34)C21. The summed E-state index contributed by atoms with van der Waals surface area (Å²) in [5, 5.41) is 1.40. The smallest absolute Gasteiger partial charge is 0.108 e. The van der Waals surface area contributed by atoms with Crippen LogP contribution in [0.15, 0.2) is 36.5 Å². The van der Waals surface area contributed by atoms with E-state index in [1.807, 2.05) is 0 Å². The summed E-state index contributed by atoms with van der Waals surface area (Å²) >= 11 is 0. The van der Waals surface area contributed by atoms with Crippen molar-refractivity contribution >= 4 is 10.9 Å². The van der Waals surface area contributed by atoms with Gasteiger partial charge in [-0.15, -0.1) is 0 Å². The number of benzene rings is 1. The molecule has 1 aliphatic heterocycles. The molecule has 1 fully saturated rings. The second-order valence-corrected chi connectivity index (χ2v) is 6.55. The highest BCUT2D eigenvalue weighted by Gasteiger charge is 2.44. The number of nitrogens with one attached hydrogen (secondary N) is 1. The van der Waals surface area contributed by atoms with Crippen LogP contribution in [0.1, 0.15) is 30.9 Å². The summed E-state index contributed by atoms with van der Waals surface area (Å²) in [4.78, 5) is 5.79. The van der Waals surface area contributed by atoms with E-state index in [0.29, 0.717) is 12.0 Å². The average molecular weight is 282 g/mol. The average Bonchev–Trinajstić information content (AvgIpc) is 2.88. The lowest BCUT2D eigenvalue weighted by Crippen LogP contribution is -2.55. The molecule has 1 aromatic heterocycles. The zero-order valence-corrected chi connectivity index (χ0v) is 12.9. The van der Waals surface area contributed by atoms with Crippen molar-refractivity contribution in [1.82, 2.24) is 9.88 Å². The van der Waals surface area contributed by atoms with Gasteiger partial charge in [0, 0.05) is 29.1 Å². The Hall–Kier alpha value is -1.58. The van der Waals surface area contributed by atoms with E-state index >= 15 is 0 Å². The molecule has 2 aliphatic rings.